The highest BCUT2D eigenvalue weighted by atomic mass is 32.2. The van der Waals surface area contributed by atoms with Crippen LogP contribution >= 0.6 is 0 Å². The highest BCUT2D eigenvalue weighted by Crippen LogP contribution is 2.13. The van der Waals surface area contributed by atoms with E-state index < -0.39 is 22.6 Å². The molecule has 8 nitrogen and oxygen atoms in total. The molecule has 0 aliphatic heterocycles. The molecule has 1 aromatic carbocycles. The summed E-state index contributed by atoms with van der Waals surface area (Å²) in [5.74, 6) is -1.58. The molecule has 0 saturated heterocycles. The number of carbonyl (C=O) groups excluding carboxylic acids is 1. The lowest BCUT2D eigenvalue weighted by molar-refractivity contribution is -0.143. The summed E-state index contributed by atoms with van der Waals surface area (Å²) in [5.41, 5.74) is 0.443. The fraction of sp³-hybridized carbons (Fsp3) is 0.200. The van der Waals surface area contributed by atoms with Gasteiger partial charge in [0.15, 0.2) is 6.61 Å². The van der Waals surface area contributed by atoms with Crippen molar-refractivity contribution < 1.29 is 28.0 Å². The van der Waals surface area contributed by atoms with Crippen LogP contribution in [0.3, 0.4) is 0 Å². The molecule has 3 N–H and O–H groups in total. The summed E-state index contributed by atoms with van der Waals surface area (Å²) in [4.78, 5) is 26.8. The van der Waals surface area contributed by atoms with Crippen molar-refractivity contribution in [3.05, 3.63) is 24.3 Å². The molecule has 0 unspecified atom stereocenters. The van der Waals surface area contributed by atoms with Crippen LogP contribution < -0.4 is 10.2 Å². The SMILES string of the molecule is CC(=O)Nc1ccc(S(=O)(=O)NOCC(=O)O)cc1. The number of carbonyl (C=O) groups is 2. The first kappa shape index (κ1) is 15.1. The fourth-order valence-electron chi connectivity index (χ4n) is 1.14. The molecule has 0 aliphatic rings. The van der Waals surface area contributed by atoms with Crippen LogP contribution in [0.2, 0.25) is 0 Å². The van der Waals surface area contributed by atoms with Crippen molar-refractivity contribution in [2.75, 3.05) is 11.9 Å². The quantitative estimate of drug-likeness (QED) is 0.630. The molecule has 1 amide bonds. The Morgan fingerprint density at radius 2 is 1.84 bits per heavy atom. The Morgan fingerprint density at radius 1 is 1.26 bits per heavy atom. The Hall–Kier alpha value is -1.97. The number of hydrogen-bond acceptors (Lipinski definition) is 5. The van der Waals surface area contributed by atoms with E-state index in [4.69, 9.17) is 5.11 Å². The fourth-order valence-corrected chi connectivity index (χ4v) is 1.94. The van der Waals surface area contributed by atoms with E-state index in [-0.39, 0.29) is 10.8 Å². The molecule has 0 aliphatic carbocycles. The number of anilines is 1. The predicted octanol–water partition coefficient (Wildman–Crippen LogP) is -0.0605. The van der Waals surface area contributed by atoms with Gasteiger partial charge in [-0.05, 0) is 24.3 Å². The maximum absolute atomic E-state index is 11.6. The first-order chi connectivity index (χ1) is 8.81. The van der Waals surface area contributed by atoms with Gasteiger partial charge in [0.1, 0.15) is 0 Å². The average Bonchev–Trinajstić information content (AvgIpc) is 2.28. The van der Waals surface area contributed by atoms with E-state index in [1.165, 1.54) is 31.2 Å². The van der Waals surface area contributed by atoms with E-state index in [1.807, 2.05) is 0 Å². The van der Waals surface area contributed by atoms with E-state index in [0.717, 1.165) is 0 Å². The highest BCUT2D eigenvalue weighted by Gasteiger charge is 2.14. The van der Waals surface area contributed by atoms with Gasteiger partial charge in [-0.25, -0.2) is 13.2 Å². The third-order valence-corrected chi connectivity index (χ3v) is 3.08. The summed E-state index contributed by atoms with van der Waals surface area (Å²) in [6.07, 6.45) is 0. The first-order valence-electron chi connectivity index (χ1n) is 5.04. The molecule has 1 aromatic rings. The summed E-state index contributed by atoms with van der Waals surface area (Å²) in [6.45, 7) is 0.537. The zero-order valence-electron chi connectivity index (χ0n) is 9.91. The van der Waals surface area contributed by atoms with Crippen LogP contribution in [-0.4, -0.2) is 32.0 Å². The van der Waals surface area contributed by atoms with Crippen molar-refractivity contribution in [2.45, 2.75) is 11.8 Å². The number of rotatable bonds is 6. The molecule has 0 saturated carbocycles. The molecule has 0 radical (unpaired) electrons. The average molecular weight is 288 g/mol. The number of amides is 1. The second kappa shape index (κ2) is 6.27. The normalized spacial score (nSPS) is 11.0. The van der Waals surface area contributed by atoms with Gasteiger partial charge in [0.2, 0.25) is 5.91 Å². The van der Waals surface area contributed by atoms with Crippen LogP contribution in [0, 0.1) is 0 Å². The monoisotopic (exact) mass is 288 g/mol. The van der Waals surface area contributed by atoms with Crippen molar-refractivity contribution in [1.82, 2.24) is 4.89 Å². The van der Waals surface area contributed by atoms with Crippen molar-refractivity contribution >= 4 is 27.6 Å². The third kappa shape index (κ3) is 5.04. The lowest BCUT2D eigenvalue weighted by Crippen LogP contribution is -2.26. The third-order valence-electron chi connectivity index (χ3n) is 1.85. The Labute approximate surface area is 109 Å². The van der Waals surface area contributed by atoms with Gasteiger partial charge >= 0.3 is 5.97 Å². The topological polar surface area (TPSA) is 122 Å². The van der Waals surface area contributed by atoms with E-state index >= 15 is 0 Å². The smallest absolute Gasteiger partial charge is 0.331 e. The zero-order valence-corrected chi connectivity index (χ0v) is 10.7. The molecule has 19 heavy (non-hydrogen) atoms. The second-order valence-electron chi connectivity index (χ2n) is 3.47. The number of sulfonamides is 1. The van der Waals surface area contributed by atoms with Crippen LogP contribution in [-0.2, 0) is 24.4 Å². The summed E-state index contributed by atoms with van der Waals surface area (Å²) in [7, 11) is -3.95. The van der Waals surface area contributed by atoms with Gasteiger partial charge < -0.3 is 10.4 Å². The number of carboxylic acids is 1. The second-order valence-corrected chi connectivity index (χ2v) is 5.12. The minimum absolute atomic E-state index is 0.119. The van der Waals surface area contributed by atoms with Gasteiger partial charge in [-0.2, -0.15) is 0 Å². The van der Waals surface area contributed by atoms with Gasteiger partial charge in [-0.15, -0.1) is 0 Å². The Morgan fingerprint density at radius 3 is 2.32 bits per heavy atom. The summed E-state index contributed by atoms with van der Waals surface area (Å²) in [5, 5.41) is 10.8. The molecule has 9 heteroatoms. The molecular formula is C10H12N2O6S. The molecule has 0 atom stereocenters. The molecule has 0 bridgehead atoms. The Kier molecular flexibility index (Phi) is 4.98. The van der Waals surface area contributed by atoms with Crippen LogP contribution in [0.5, 0.6) is 0 Å². The molecule has 104 valence electrons. The van der Waals surface area contributed by atoms with Crippen LogP contribution in [0.15, 0.2) is 29.2 Å². The standard InChI is InChI=1S/C10H12N2O6S/c1-7(13)11-8-2-4-9(5-3-8)19(16,17)12-18-6-10(14)15/h2-5,12H,6H2,1H3,(H,11,13)(H,14,15). The zero-order chi connectivity index (χ0) is 14.5. The molecule has 1 rings (SSSR count). The number of hydrogen-bond donors (Lipinski definition) is 3. The lowest BCUT2D eigenvalue weighted by atomic mass is 10.3. The Bertz CT molecular complexity index is 566. The molecular weight excluding hydrogens is 276 g/mol. The van der Waals surface area contributed by atoms with Gasteiger partial charge in [-0.3, -0.25) is 9.63 Å². The van der Waals surface area contributed by atoms with E-state index in [2.05, 4.69) is 10.2 Å². The van der Waals surface area contributed by atoms with E-state index in [0.29, 0.717) is 5.69 Å². The molecule has 0 spiro atoms. The van der Waals surface area contributed by atoms with Gasteiger partial charge in [0.25, 0.3) is 10.0 Å². The maximum Gasteiger partial charge on any atom is 0.331 e. The van der Waals surface area contributed by atoms with Crippen LogP contribution in [0.1, 0.15) is 6.92 Å². The van der Waals surface area contributed by atoms with Gasteiger partial charge in [0, 0.05) is 12.6 Å². The minimum atomic E-state index is -3.95. The van der Waals surface area contributed by atoms with Gasteiger partial charge in [-0.1, -0.05) is 4.89 Å². The summed E-state index contributed by atoms with van der Waals surface area (Å²) >= 11 is 0. The maximum atomic E-state index is 11.6. The van der Waals surface area contributed by atoms with Crippen LogP contribution in [0.4, 0.5) is 5.69 Å². The number of nitrogens with one attached hydrogen (secondary N) is 2. The van der Waals surface area contributed by atoms with Crippen molar-refractivity contribution in [2.24, 2.45) is 0 Å². The minimum Gasteiger partial charge on any atom is -0.479 e. The summed E-state index contributed by atoms with van der Waals surface area (Å²) in [6, 6.07) is 5.29. The largest absolute Gasteiger partial charge is 0.479 e. The Balaban J connectivity index is 2.73. The number of benzene rings is 1. The van der Waals surface area contributed by atoms with E-state index in [1.54, 1.807) is 4.89 Å². The predicted molar refractivity (Wildman–Crippen MR) is 64.7 cm³/mol. The first-order valence-corrected chi connectivity index (χ1v) is 6.52. The lowest BCUT2D eigenvalue weighted by Gasteiger charge is -2.07. The van der Waals surface area contributed by atoms with Crippen molar-refractivity contribution in [3.8, 4) is 0 Å². The number of aliphatic carboxylic acids is 1. The molecule has 0 aromatic heterocycles. The summed E-state index contributed by atoms with van der Waals surface area (Å²) < 4.78 is 23.3. The van der Waals surface area contributed by atoms with Crippen molar-refractivity contribution in [3.63, 3.8) is 0 Å². The highest BCUT2D eigenvalue weighted by molar-refractivity contribution is 7.89. The molecule has 0 fully saturated rings. The van der Waals surface area contributed by atoms with E-state index in [9.17, 15) is 18.0 Å². The van der Waals surface area contributed by atoms with Gasteiger partial charge in [0.05, 0.1) is 4.90 Å². The molecule has 0 heterocycles. The van der Waals surface area contributed by atoms with Crippen LogP contribution in [0.25, 0.3) is 0 Å². The van der Waals surface area contributed by atoms with Crippen molar-refractivity contribution in [1.29, 1.82) is 0 Å². The number of carboxylic acid groups (broad SMARTS) is 1.